The summed E-state index contributed by atoms with van der Waals surface area (Å²) in [6.07, 6.45) is 0. The van der Waals surface area contributed by atoms with Crippen molar-refractivity contribution in [2.75, 3.05) is 4.90 Å². The molecule has 2 aromatic carbocycles. The van der Waals surface area contributed by atoms with Crippen LogP contribution < -0.4 is 4.90 Å². The third-order valence-corrected chi connectivity index (χ3v) is 3.67. The molecule has 0 spiro atoms. The maximum atomic E-state index is 14.3. The largest absolute Gasteiger partial charge is 0.288 e. The number of nitrogens with zero attached hydrogens (tertiary/aromatic N) is 1. The first kappa shape index (κ1) is 14.1. The van der Waals surface area contributed by atoms with E-state index >= 15 is 0 Å². The molecule has 4 nitrogen and oxygen atoms in total. The van der Waals surface area contributed by atoms with Crippen molar-refractivity contribution in [3.05, 3.63) is 53.3 Å². The zero-order chi connectivity index (χ0) is 16.0. The van der Waals surface area contributed by atoms with E-state index in [1.54, 1.807) is 24.3 Å². The third-order valence-electron chi connectivity index (χ3n) is 3.67. The molecule has 1 aliphatic carbocycles. The first-order chi connectivity index (χ1) is 10.4. The van der Waals surface area contributed by atoms with Crippen molar-refractivity contribution < 1.29 is 18.8 Å². The molecule has 0 aliphatic heterocycles. The van der Waals surface area contributed by atoms with Crippen LogP contribution in [0.3, 0.4) is 0 Å². The van der Waals surface area contributed by atoms with Gasteiger partial charge in [0.25, 0.3) is 0 Å². The Balaban J connectivity index is 2.35. The number of hydrogen-bond acceptors (Lipinski definition) is 3. The number of anilines is 1. The second-order valence-corrected chi connectivity index (χ2v) is 5.07. The number of hydrogen-bond donors (Lipinski definition) is 0. The van der Waals surface area contributed by atoms with Crippen LogP contribution in [0.4, 0.5) is 10.1 Å². The number of rotatable bonds is 1. The smallest absolute Gasteiger partial charge is 0.230 e. The average Bonchev–Trinajstić information content (AvgIpc) is 2.75. The van der Waals surface area contributed by atoms with E-state index in [0.717, 1.165) is 13.8 Å². The Morgan fingerprint density at radius 3 is 2.09 bits per heavy atom. The van der Waals surface area contributed by atoms with Crippen LogP contribution in [0.5, 0.6) is 0 Å². The Morgan fingerprint density at radius 1 is 0.909 bits per heavy atom. The van der Waals surface area contributed by atoms with Gasteiger partial charge in [-0.3, -0.25) is 14.4 Å². The Labute approximate surface area is 126 Å². The van der Waals surface area contributed by atoms with Gasteiger partial charge in [-0.25, -0.2) is 9.29 Å². The fourth-order valence-electron chi connectivity index (χ4n) is 2.83. The lowest BCUT2D eigenvalue weighted by atomic mass is 10.0. The average molecular weight is 297 g/mol. The monoisotopic (exact) mass is 297 g/mol. The zero-order valence-corrected chi connectivity index (χ0v) is 12.0. The normalized spacial score (nSPS) is 11.9. The number of imide groups is 1. The third kappa shape index (κ3) is 1.86. The molecule has 0 atom stereocenters. The highest BCUT2D eigenvalue weighted by atomic mass is 19.1. The Kier molecular flexibility index (Phi) is 3.13. The molecular formula is C17H12FNO3. The van der Waals surface area contributed by atoms with Gasteiger partial charge in [0, 0.05) is 19.4 Å². The molecule has 0 N–H and O–H groups in total. The molecule has 0 heterocycles. The van der Waals surface area contributed by atoms with E-state index in [0.29, 0.717) is 21.6 Å². The van der Waals surface area contributed by atoms with Crippen molar-refractivity contribution in [3.63, 3.8) is 0 Å². The molecule has 2 amide bonds. The molecule has 22 heavy (non-hydrogen) atoms. The molecular weight excluding hydrogens is 285 g/mol. The van der Waals surface area contributed by atoms with Crippen molar-refractivity contribution >= 4 is 23.3 Å². The van der Waals surface area contributed by atoms with E-state index < -0.39 is 17.6 Å². The van der Waals surface area contributed by atoms with E-state index in [1.165, 1.54) is 12.1 Å². The van der Waals surface area contributed by atoms with Crippen LogP contribution in [0.1, 0.15) is 29.8 Å². The van der Waals surface area contributed by atoms with E-state index in [1.807, 2.05) is 0 Å². The second kappa shape index (κ2) is 4.87. The van der Waals surface area contributed by atoms with Crippen LogP contribution in [-0.2, 0) is 9.59 Å². The Bertz CT molecular complexity index is 828. The van der Waals surface area contributed by atoms with Crippen molar-refractivity contribution in [2.45, 2.75) is 13.8 Å². The molecule has 0 unspecified atom stereocenters. The summed E-state index contributed by atoms with van der Waals surface area (Å²) in [7, 11) is 0. The Morgan fingerprint density at radius 2 is 1.50 bits per heavy atom. The molecule has 0 fully saturated rings. The highest BCUT2D eigenvalue weighted by molar-refractivity contribution is 6.27. The summed E-state index contributed by atoms with van der Waals surface area (Å²) < 4.78 is 14.3. The van der Waals surface area contributed by atoms with Gasteiger partial charge in [-0.15, -0.1) is 0 Å². The van der Waals surface area contributed by atoms with Gasteiger partial charge in [0.2, 0.25) is 11.8 Å². The lowest BCUT2D eigenvalue weighted by Crippen LogP contribution is -2.35. The highest BCUT2D eigenvalue weighted by Crippen LogP contribution is 2.42. The number of carbonyl (C=O) groups is 3. The standard InChI is InChI=1S/C17H12FNO3/c1-9(20)19(10(2)21)16-14(18)8-7-12-11-5-3-4-6-13(11)17(22)15(12)16/h3-8H,1-2H3. The molecule has 1 aliphatic rings. The Hall–Kier alpha value is -2.82. The van der Waals surface area contributed by atoms with Gasteiger partial charge in [-0.05, 0) is 17.2 Å². The summed E-state index contributed by atoms with van der Waals surface area (Å²) in [5.41, 5.74) is 1.45. The minimum Gasteiger partial charge on any atom is -0.288 e. The molecule has 5 heteroatoms. The SMILES string of the molecule is CC(=O)N(C(C)=O)c1c(F)ccc2c1C(=O)c1ccccc1-2. The fraction of sp³-hybridized carbons (Fsp3) is 0.118. The molecule has 0 aromatic heterocycles. The molecule has 110 valence electrons. The van der Waals surface area contributed by atoms with Crippen molar-refractivity contribution in [2.24, 2.45) is 0 Å². The topological polar surface area (TPSA) is 54.5 Å². The van der Waals surface area contributed by atoms with Crippen LogP contribution >= 0.6 is 0 Å². The molecule has 2 aromatic rings. The lowest BCUT2D eigenvalue weighted by molar-refractivity contribution is -0.124. The van der Waals surface area contributed by atoms with E-state index in [2.05, 4.69) is 0 Å². The van der Waals surface area contributed by atoms with Gasteiger partial charge in [0.05, 0.1) is 11.3 Å². The van der Waals surface area contributed by atoms with Crippen LogP contribution in [0.25, 0.3) is 11.1 Å². The van der Waals surface area contributed by atoms with E-state index in [4.69, 9.17) is 0 Å². The quantitative estimate of drug-likeness (QED) is 0.694. The van der Waals surface area contributed by atoms with Gasteiger partial charge < -0.3 is 0 Å². The van der Waals surface area contributed by atoms with Crippen LogP contribution in [0.15, 0.2) is 36.4 Å². The maximum absolute atomic E-state index is 14.3. The molecule has 0 bridgehead atoms. The summed E-state index contributed by atoms with van der Waals surface area (Å²) >= 11 is 0. The first-order valence-corrected chi connectivity index (χ1v) is 6.71. The number of amides is 2. The first-order valence-electron chi connectivity index (χ1n) is 6.71. The van der Waals surface area contributed by atoms with Crippen LogP contribution in [0.2, 0.25) is 0 Å². The van der Waals surface area contributed by atoms with Crippen molar-refractivity contribution in [1.29, 1.82) is 0 Å². The van der Waals surface area contributed by atoms with Gasteiger partial charge in [-0.1, -0.05) is 30.3 Å². The molecule has 0 saturated heterocycles. The van der Waals surface area contributed by atoms with Gasteiger partial charge in [-0.2, -0.15) is 0 Å². The predicted octanol–water partition coefficient (Wildman–Crippen LogP) is 2.94. The number of carbonyl (C=O) groups excluding carboxylic acids is 3. The summed E-state index contributed by atoms with van der Waals surface area (Å²) in [6.45, 7) is 2.32. The summed E-state index contributed by atoms with van der Waals surface area (Å²) in [5.74, 6) is -2.43. The summed E-state index contributed by atoms with van der Waals surface area (Å²) in [4.78, 5) is 36.8. The van der Waals surface area contributed by atoms with Gasteiger partial charge >= 0.3 is 0 Å². The molecule has 0 radical (unpaired) electrons. The van der Waals surface area contributed by atoms with Crippen LogP contribution in [-0.4, -0.2) is 17.6 Å². The number of fused-ring (bicyclic) bond motifs is 3. The van der Waals surface area contributed by atoms with E-state index in [-0.39, 0.29) is 17.0 Å². The van der Waals surface area contributed by atoms with E-state index in [9.17, 15) is 18.8 Å². The fourth-order valence-corrected chi connectivity index (χ4v) is 2.83. The number of ketones is 1. The maximum Gasteiger partial charge on any atom is 0.230 e. The summed E-state index contributed by atoms with van der Waals surface area (Å²) in [5, 5.41) is 0. The van der Waals surface area contributed by atoms with Crippen molar-refractivity contribution in [3.8, 4) is 11.1 Å². The number of halogens is 1. The van der Waals surface area contributed by atoms with Gasteiger partial charge in [0.15, 0.2) is 5.78 Å². The minimum absolute atomic E-state index is 0.0617. The van der Waals surface area contributed by atoms with Crippen LogP contribution in [0, 0.1) is 5.82 Å². The van der Waals surface area contributed by atoms with Gasteiger partial charge in [0.1, 0.15) is 5.82 Å². The molecule has 3 rings (SSSR count). The number of benzene rings is 2. The zero-order valence-electron chi connectivity index (χ0n) is 12.0. The molecule has 0 saturated carbocycles. The van der Waals surface area contributed by atoms with Crippen molar-refractivity contribution in [1.82, 2.24) is 0 Å². The summed E-state index contributed by atoms with van der Waals surface area (Å²) in [6, 6.07) is 9.56. The highest BCUT2D eigenvalue weighted by Gasteiger charge is 2.34. The minimum atomic E-state index is -0.773. The lowest BCUT2D eigenvalue weighted by Gasteiger charge is -2.20. The second-order valence-electron chi connectivity index (χ2n) is 5.07. The predicted molar refractivity (Wildman–Crippen MR) is 79.1 cm³/mol.